The zero-order chi connectivity index (χ0) is 13.5. The maximum atomic E-state index is 12.4. The Balaban J connectivity index is 2.22. The maximum absolute atomic E-state index is 12.4. The molecule has 2 aromatic heterocycles. The van der Waals surface area contributed by atoms with Crippen molar-refractivity contribution in [3.63, 3.8) is 0 Å². The molecule has 2 nitrogen and oxygen atoms in total. The molecule has 0 saturated heterocycles. The van der Waals surface area contributed by atoms with E-state index in [-0.39, 0.29) is 16.8 Å². The van der Waals surface area contributed by atoms with Crippen molar-refractivity contribution in [2.75, 3.05) is 0 Å². The van der Waals surface area contributed by atoms with E-state index in [1.54, 1.807) is 18.3 Å². The molecule has 0 aliphatic carbocycles. The van der Waals surface area contributed by atoms with Gasteiger partial charge in [0.1, 0.15) is 5.03 Å². The van der Waals surface area contributed by atoms with Gasteiger partial charge in [0.2, 0.25) is 0 Å². The van der Waals surface area contributed by atoms with Gasteiger partial charge >= 0.3 is 5.51 Å². The topological polar surface area (TPSA) is 25.8 Å². The van der Waals surface area contributed by atoms with Gasteiger partial charge in [-0.15, -0.1) is 0 Å². The van der Waals surface area contributed by atoms with E-state index >= 15 is 0 Å². The number of halogens is 3. The van der Waals surface area contributed by atoms with Crippen molar-refractivity contribution in [3.05, 3.63) is 42.6 Å². The number of fused-ring (bicyclic) bond motifs is 3. The molecule has 3 rings (SSSR count). The number of aromatic nitrogens is 2. The highest BCUT2D eigenvalue weighted by molar-refractivity contribution is 8.00. The van der Waals surface area contributed by atoms with Crippen LogP contribution in [0.2, 0.25) is 0 Å². The summed E-state index contributed by atoms with van der Waals surface area (Å²) in [6.45, 7) is 0. The number of pyridine rings is 2. The van der Waals surface area contributed by atoms with Crippen LogP contribution in [0.4, 0.5) is 13.2 Å². The van der Waals surface area contributed by atoms with Gasteiger partial charge in [-0.3, -0.25) is 4.98 Å². The molecular formula is C13H7F3N2S. The van der Waals surface area contributed by atoms with Crippen molar-refractivity contribution in [2.45, 2.75) is 10.5 Å². The zero-order valence-electron chi connectivity index (χ0n) is 9.48. The van der Waals surface area contributed by atoms with Gasteiger partial charge in [0.15, 0.2) is 0 Å². The van der Waals surface area contributed by atoms with Crippen LogP contribution in [0.25, 0.3) is 21.8 Å². The molecule has 0 saturated carbocycles. The molecule has 0 atom stereocenters. The standard InChI is InChI=1S/C13H7F3N2S/c14-13(15,16)19-10-6-5-9-4-3-8-2-1-7-17-11(8)12(9)18-10/h1-7H. The minimum atomic E-state index is -4.33. The molecular weight excluding hydrogens is 273 g/mol. The fourth-order valence-electron chi connectivity index (χ4n) is 1.88. The van der Waals surface area contributed by atoms with E-state index in [9.17, 15) is 13.2 Å². The molecule has 1 aromatic carbocycles. The summed E-state index contributed by atoms with van der Waals surface area (Å²) in [7, 11) is 0. The largest absolute Gasteiger partial charge is 0.447 e. The third-order valence-electron chi connectivity index (χ3n) is 2.63. The number of alkyl halides is 3. The number of thioether (sulfide) groups is 1. The van der Waals surface area contributed by atoms with Crippen molar-refractivity contribution in [1.29, 1.82) is 0 Å². The third-order valence-corrected chi connectivity index (χ3v) is 3.29. The minimum absolute atomic E-state index is 0.0712. The summed E-state index contributed by atoms with van der Waals surface area (Å²) >= 11 is -0.215. The highest BCUT2D eigenvalue weighted by Gasteiger charge is 2.30. The fourth-order valence-corrected chi connectivity index (χ4v) is 2.39. The summed E-state index contributed by atoms with van der Waals surface area (Å²) in [5.74, 6) is 0. The third kappa shape index (κ3) is 2.49. The van der Waals surface area contributed by atoms with Gasteiger partial charge in [0.05, 0.1) is 11.0 Å². The lowest BCUT2D eigenvalue weighted by Gasteiger charge is -2.07. The van der Waals surface area contributed by atoms with E-state index in [1.807, 2.05) is 18.2 Å². The Morgan fingerprint density at radius 2 is 1.58 bits per heavy atom. The van der Waals surface area contributed by atoms with Crippen molar-refractivity contribution < 1.29 is 13.2 Å². The van der Waals surface area contributed by atoms with Crippen molar-refractivity contribution in [2.24, 2.45) is 0 Å². The Morgan fingerprint density at radius 3 is 2.32 bits per heavy atom. The summed E-state index contributed by atoms with van der Waals surface area (Å²) < 4.78 is 37.1. The Bertz CT molecular complexity index is 756. The molecule has 0 N–H and O–H groups in total. The Hall–Kier alpha value is -1.82. The molecule has 2 heterocycles. The van der Waals surface area contributed by atoms with Gasteiger partial charge in [-0.2, -0.15) is 13.2 Å². The van der Waals surface area contributed by atoms with E-state index in [1.165, 1.54) is 6.07 Å². The number of hydrogen-bond acceptors (Lipinski definition) is 3. The first-order valence-electron chi connectivity index (χ1n) is 5.43. The first-order valence-corrected chi connectivity index (χ1v) is 6.25. The second-order valence-electron chi connectivity index (χ2n) is 3.91. The van der Waals surface area contributed by atoms with Gasteiger partial charge in [-0.1, -0.05) is 24.3 Å². The summed E-state index contributed by atoms with van der Waals surface area (Å²) in [5.41, 5.74) is -3.23. The van der Waals surface area contributed by atoms with Crippen molar-refractivity contribution in [1.82, 2.24) is 9.97 Å². The molecule has 0 bridgehead atoms. The minimum Gasteiger partial charge on any atom is -0.254 e. The van der Waals surface area contributed by atoms with Crippen molar-refractivity contribution in [3.8, 4) is 0 Å². The summed E-state index contributed by atoms with van der Waals surface area (Å²) in [5, 5.41) is 1.56. The monoisotopic (exact) mass is 280 g/mol. The lowest BCUT2D eigenvalue weighted by Crippen LogP contribution is -2.00. The Morgan fingerprint density at radius 1 is 0.895 bits per heavy atom. The second kappa shape index (κ2) is 4.38. The highest BCUT2D eigenvalue weighted by Crippen LogP contribution is 2.36. The molecule has 19 heavy (non-hydrogen) atoms. The average molecular weight is 280 g/mol. The van der Waals surface area contributed by atoms with E-state index < -0.39 is 5.51 Å². The molecule has 6 heteroatoms. The summed E-state index contributed by atoms with van der Waals surface area (Å²) in [6.07, 6.45) is 1.60. The van der Waals surface area contributed by atoms with Crippen molar-refractivity contribution >= 4 is 33.6 Å². The van der Waals surface area contributed by atoms with Crippen LogP contribution >= 0.6 is 11.8 Å². The molecule has 3 aromatic rings. The first kappa shape index (κ1) is 12.2. The fraction of sp³-hybridized carbons (Fsp3) is 0.0769. The Labute approximate surface area is 110 Å². The lowest BCUT2D eigenvalue weighted by molar-refractivity contribution is -0.0329. The number of nitrogens with zero attached hydrogens (tertiary/aromatic N) is 2. The van der Waals surface area contributed by atoms with Crippen LogP contribution in [-0.2, 0) is 0 Å². The van der Waals surface area contributed by atoms with Gasteiger partial charge in [0.25, 0.3) is 0 Å². The average Bonchev–Trinajstić information content (AvgIpc) is 2.37. The van der Waals surface area contributed by atoms with Gasteiger partial charge in [0, 0.05) is 28.7 Å². The van der Waals surface area contributed by atoms with Crippen LogP contribution in [0.1, 0.15) is 0 Å². The van der Waals surface area contributed by atoms with Crippen LogP contribution in [0.15, 0.2) is 47.6 Å². The molecule has 0 unspecified atom stereocenters. The van der Waals surface area contributed by atoms with E-state index in [4.69, 9.17) is 0 Å². The van der Waals surface area contributed by atoms with Gasteiger partial charge in [-0.25, -0.2) is 4.98 Å². The van der Waals surface area contributed by atoms with Crippen LogP contribution in [-0.4, -0.2) is 15.5 Å². The van der Waals surface area contributed by atoms with E-state index in [0.717, 1.165) is 10.8 Å². The first-order chi connectivity index (χ1) is 9.03. The predicted molar refractivity (Wildman–Crippen MR) is 69.0 cm³/mol. The molecule has 0 aliphatic rings. The molecule has 0 radical (unpaired) electrons. The predicted octanol–water partition coefficient (Wildman–Crippen LogP) is 4.39. The van der Waals surface area contributed by atoms with Crippen LogP contribution < -0.4 is 0 Å². The maximum Gasteiger partial charge on any atom is 0.447 e. The van der Waals surface area contributed by atoms with Crippen LogP contribution in [0.3, 0.4) is 0 Å². The van der Waals surface area contributed by atoms with E-state index in [2.05, 4.69) is 9.97 Å². The number of hydrogen-bond donors (Lipinski definition) is 0. The van der Waals surface area contributed by atoms with E-state index in [0.29, 0.717) is 11.0 Å². The lowest BCUT2D eigenvalue weighted by atomic mass is 10.1. The molecule has 96 valence electrons. The quantitative estimate of drug-likeness (QED) is 0.488. The molecule has 0 amide bonds. The summed E-state index contributed by atoms with van der Waals surface area (Å²) in [6, 6.07) is 10.3. The molecule has 0 aliphatic heterocycles. The highest BCUT2D eigenvalue weighted by atomic mass is 32.2. The molecule has 0 spiro atoms. The van der Waals surface area contributed by atoms with Crippen LogP contribution in [0, 0.1) is 0 Å². The number of benzene rings is 1. The van der Waals surface area contributed by atoms with Crippen LogP contribution in [0.5, 0.6) is 0 Å². The second-order valence-corrected chi connectivity index (χ2v) is 5.00. The Kier molecular flexibility index (Phi) is 2.82. The smallest absolute Gasteiger partial charge is 0.254 e. The van der Waals surface area contributed by atoms with Gasteiger partial charge < -0.3 is 0 Å². The van der Waals surface area contributed by atoms with Gasteiger partial charge in [-0.05, 0) is 12.1 Å². The SMILES string of the molecule is FC(F)(F)Sc1ccc2ccc3cccnc3c2n1. The normalized spacial score (nSPS) is 12.2. The summed E-state index contributed by atoms with van der Waals surface area (Å²) in [4.78, 5) is 8.26. The number of rotatable bonds is 1. The molecule has 0 fully saturated rings. The zero-order valence-corrected chi connectivity index (χ0v) is 10.3.